The quantitative estimate of drug-likeness (QED) is 0.710. The second-order valence-electron chi connectivity index (χ2n) is 8.12. The summed E-state index contributed by atoms with van der Waals surface area (Å²) >= 11 is 0. The van der Waals surface area contributed by atoms with Gasteiger partial charge in [0, 0.05) is 24.0 Å². The molecule has 2 nitrogen and oxygen atoms in total. The summed E-state index contributed by atoms with van der Waals surface area (Å²) in [5.41, 5.74) is 1.33. The van der Waals surface area contributed by atoms with Crippen molar-refractivity contribution in [3.8, 4) is 0 Å². The Balaban J connectivity index is 1.48. The molecule has 2 atom stereocenters. The third kappa shape index (κ3) is 2.86. The molecule has 0 aliphatic carbocycles. The maximum atomic E-state index is 14.2. The molecule has 2 aliphatic rings. The smallest absolute Gasteiger partial charge is 0.131 e. The van der Waals surface area contributed by atoms with Crippen molar-refractivity contribution in [2.75, 3.05) is 0 Å². The van der Waals surface area contributed by atoms with Gasteiger partial charge in [-0.05, 0) is 48.3 Å². The van der Waals surface area contributed by atoms with Crippen LogP contribution < -0.4 is 0 Å². The predicted octanol–water partition coefficient (Wildman–Crippen LogP) is 4.99. The summed E-state index contributed by atoms with van der Waals surface area (Å²) in [6, 6.07) is 22.1. The van der Waals surface area contributed by atoms with Gasteiger partial charge in [0.1, 0.15) is 5.82 Å². The van der Waals surface area contributed by atoms with E-state index in [1.165, 1.54) is 11.6 Å². The van der Waals surface area contributed by atoms with Crippen molar-refractivity contribution >= 4 is 10.8 Å². The van der Waals surface area contributed by atoms with Crippen molar-refractivity contribution in [3.05, 3.63) is 83.7 Å². The van der Waals surface area contributed by atoms with Gasteiger partial charge < -0.3 is 5.11 Å². The molecule has 5 rings (SSSR count). The number of hydrogen-bond donors (Lipinski definition) is 1. The van der Waals surface area contributed by atoms with E-state index in [1.54, 1.807) is 12.1 Å². The molecule has 2 aliphatic heterocycles. The lowest BCUT2D eigenvalue weighted by molar-refractivity contribution is -0.0585. The summed E-state index contributed by atoms with van der Waals surface area (Å²) in [4.78, 5) is 2.56. The molecule has 138 valence electrons. The van der Waals surface area contributed by atoms with Gasteiger partial charge in [-0.2, -0.15) is 0 Å². The highest BCUT2D eigenvalue weighted by Gasteiger charge is 2.48. The number of fused-ring (bicyclic) bond motifs is 3. The molecule has 2 heterocycles. The van der Waals surface area contributed by atoms with E-state index in [4.69, 9.17) is 0 Å². The molecule has 0 amide bonds. The molecular formula is C24H24FNO. The number of piperidine rings is 1. The van der Waals surface area contributed by atoms with Crippen LogP contribution in [0.15, 0.2) is 66.7 Å². The van der Waals surface area contributed by atoms with Gasteiger partial charge in [-0.25, -0.2) is 4.39 Å². The van der Waals surface area contributed by atoms with E-state index >= 15 is 0 Å². The topological polar surface area (TPSA) is 23.5 Å². The summed E-state index contributed by atoms with van der Waals surface area (Å²) in [6.45, 7) is 0.941. The SMILES string of the molecule is OC1(c2ccc(F)c3ccccc23)CC2CCC(C1)N2Cc1ccccc1. The minimum absolute atomic E-state index is 0.220. The molecule has 0 spiro atoms. The van der Waals surface area contributed by atoms with Crippen LogP contribution in [0.3, 0.4) is 0 Å². The standard InChI is InChI=1S/C24H24FNO/c25-23-13-12-22(20-8-4-5-9-21(20)23)24(27)14-18-10-11-19(15-24)26(18)16-17-6-2-1-3-7-17/h1-9,12-13,18-19,27H,10-11,14-16H2. The molecule has 3 aromatic rings. The number of hydrogen-bond acceptors (Lipinski definition) is 2. The first kappa shape index (κ1) is 16.9. The van der Waals surface area contributed by atoms with Crippen LogP contribution in [0.4, 0.5) is 4.39 Å². The molecule has 2 saturated heterocycles. The van der Waals surface area contributed by atoms with Crippen LogP contribution in [-0.4, -0.2) is 22.1 Å². The van der Waals surface area contributed by atoms with Crippen molar-refractivity contribution in [1.82, 2.24) is 4.90 Å². The maximum absolute atomic E-state index is 14.2. The molecule has 2 bridgehead atoms. The zero-order chi connectivity index (χ0) is 18.4. The fourth-order valence-corrected chi connectivity index (χ4v) is 5.26. The van der Waals surface area contributed by atoms with E-state index in [0.717, 1.165) is 30.3 Å². The highest BCUT2D eigenvalue weighted by atomic mass is 19.1. The Labute approximate surface area is 159 Å². The Hall–Kier alpha value is -2.23. The zero-order valence-corrected chi connectivity index (χ0v) is 15.3. The first-order valence-electron chi connectivity index (χ1n) is 9.84. The van der Waals surface area contributed by atoms with Gasteiger partial charge in [-0.15, -0.1) is 0 Å². The van der Waals surface area contributed by atoms with Gasteiger partial charge in [0.05, 0.1) is 5.60 Å². The fourth-order valence-electron chi connectivity index (χ4n) is 5.26. The van der Waals surface area contributed by atoms with E-state index in [0.29, 0.717) is 30.3 Å². The summed E-state index contributed by atoms with van der Waals surface area (Å²) in [5, 5.41) is 13.1. The molecule has 0 aromatic heterocycles. The summed E-state index contributed by atoms with van der Waals surface area (Å²) < 4.78 is 14.2. The third-order valence-electron chi connectivity index (χ3n) is 6.50. The van der Waals surface area contributed by atoms with Crippen molar-refractivity contribution in [3.63, 3.8) is 0 Å². The zero-order valence-electron chi connectivity index (χ0n) is 15.3. The second kappa shape index (κ2) is 6.43. The normalized spacial score (nSPS) is 27.9. The van der Waals surface area contributed by atoms with E-state index in [-0.39, 0.29) is 5.82 Å². The van der Waals surface area contributed by atoms with Gasteiger partial charge in [0.15, 0.2) is 0 Å². The van der Waals surface area contributed by atoms with Gasteiger partial charge in [0.25, 0.3) is 0 Å². The average Bonchev–Trinajstić information content (AvgIpc) is 2.93. The van der Waals surface area contributed by atoms with E-state index < -0.39 is 5.60 Å². The lowest BCUT2D eigenvalue weighted by Gasteiger charge is -2.44. The Bertz CT molecular complexity index is 957. The van der Waals surface area contributed by atoms with Crippen molar-refractivity contribution in [2.24, 2.45) is 0 Å². The van der Waals surface area contributed by atoms with E-state index in [1.807, 2.05) is 24.3 Å². The number of halogens is 1. The van der Waals surface area contributed by atoms with Crippen LogP contribution in [0.1, 0.15) is 36.8 Å². The molecule has 0 radical (unpaired) electrons. The molecule has 27 heavy (non-hydrogen) atoms. The maximum Gasteiger partial charge on any atom is 0.131 e. The van der Waals surface area contributed by atoms with Gasteiger partial charge in [-0.1, -0.05) is 60.7 Å². The summed E-state index contributed by atoms with van der Waals surface area (Å²) in [7, 11) is 0. The largest absolute Gasteiger partial charge is 0.385 e. The van der Waals surface area contributed by atoms with E-state index in [9.17, 15) is 9.50 Å². The summed E-state index contributed by atoms with van der Waals surface area (Å²) in [6.07, 6.45) is 3.68. The Morgan fingerprint density at radius 2 is 1.48 bits per heavy atom. The van der Waals surface area contributed by atoms with E-state index in [2.05, 4.69) is 29.2 Å². The average molecular weight is 361 g/mol. The van der Waals surface area contributed by atoms with Crippen LogP contribution in [0.25, 0.3) is 10.8 Å². The molecular weight excluding hydrogens is 337 g/mol. The molecule has 3 heteroatoms. The highest BCUT2D eigenvalue weighted by molar-refractivity contribution is 5.87. The predicted molar refractivity (Wildman–Crippen MR) is 106 cm³/mol. The van der Waals surface area contributed by atoms with Crippen LogP contribution >= 0.6 is 0 Å². The van der Waals surface area contributed by atoms with Crippen molar-refractivity contribution in [2.45, 2.75) is 49.9 Å². The number of rotatable bonds is 3. The Kier molecular flexibility index (Phi) is 4.03. The monoisotopic (exact) mass is 361 g/mol. The van der Waals surface area contributed by atoms with Crippen molar-refractivity contribution in [1.29, 1.82) is 0 Å². The lowest BCUT2D eigenvalue weighted by atomic mass is 9.78. The van der Waals surface area contributed by atoms with Crippen LogP contribution in [-0.2, 0) is 12.1 Å². The molecule has 2 unspecified atom stereocenters. The minimum Gasteiger partial charge on any atom is -0.385 e. The van der Waals surface area contributed by atoms with Gasteiger partial charge in [0.2, 0.25) is 0 Å². The van der Waals surface area contributed by atoms with Crippen LogP contribution in [0.2, 0.25) is 0 Å². The van der Waals surface area contributed by atoms with Gasteiger partial charge in [-0.3, -0.25) is 4.90 Å². The van der Waals surface area contributed by atoms with Gasteiger partial charge >= 0.3 is 0 Å². The summed E-state index contributed by atoms with van der Waals surface area (Å²) in [5.74, 6) is -0.220. The molecule has 3 aromatic carbocycles. The lowest BCUT2D eigenvalue weighted by Crippen LogP contribution is -2.49. The number of nitrogens with zero attached hydrogens (tertiary/aromatic N) is 1. The number of aliphatic hydroxyl groups is 1. The van der Waals surface area contributed by atoms with Crippen LogP contribution in [0, 0.1) is 5.82 Å². The minimum atomic E-state index is -0.883. The molecule has 2 fully saturated rings. The Morgan fingerprint density at radius 1 is 0.852 bits per heavy atom. The first-order valence-corrected chi connectivity index (χ1v) is 9.84. The highest BCUT2D eigenvalue weighted by Crippen LogP contribution is 2.47. The van der Waals surface area contributed by atoms with Crippen LogP contribution in [0.5, 0.6) is 0 Å². The second-order valence-corrected chi connectivity index (χ2v) is 8.12. The molecule has 0 saturated carbocycles. The number of benzene rings is 3. The molecule has 1 N–H and O–H groups in total. The van der Waals surface area contributed by atoms with Crippen molar-refractivity contribution < 1.29 is 9.50 Å². The first-order chi connectivity index (χ1) is 13.1. The Morgan fingerprint density at radius 3 is 2.19 bits per heavy atom. The fraction of sp³-hybridized carbons (Fsp3) is 0.333. The third-order valence-corrected chi connectivity index (χ3v) is 6.50.